The predicted molar refractivity (Wildman–Crippen MR) is 84.2 cm³/mol. The molecule has 1 heterocycles. The summed E-state index contributed by atoms with van der Waals surface area (Å²) < 4.78 is 6.86. The van der Waals surface area contributed by atoms with Gasteiger partial charge in [0.1, 0.15) is 12.4 Å². The number of benzene rings is 1. The van der Waals surface area contributed by atoms with Gasteiger partial charge in [0.15, 0.2) is 0 Å². The van der Waals surface area contributed by atoms with E-state index in [-0.39, 0.29) is 0 Å². The predicted octanol–water partition coefficient (Wildman–Crippen LogP) is 4.31. The first-order valence-electron chi connectivity index (χ1n) is 6.98. The van der Waals surface area contributed by atoms with Crippen LogP contribution in [0.3, 0.4) is 0 Å². The van der Waals surface area contributed by atoms with Crippen molar-refractivity contribution in [3.05, 3.63) is 28.7 Å². The van der Waals surface area contributed by atoms with Gasteiger partial charge in [-0.1, -0.05) is 34.8 Å². The molecule has 0 radical (unpaired) electrons. The molecule has 0 aliphatic carbocycles. The summed E-state index contributed by atoms with van der Waals surface area (Å²) in [6, 6.07) is 8.52. The lowest BCUT2D eigenvalue weighted by Gasteiger charge is -2.28. The first kappa shape index (κ1) is 15.1. The molecule has 0 N–H and O–H groups in total. The summed E-state index contributed by atoms with van der Waals surface area (Å²) in [7, 11) is 0. The summed E-state index contributed by atoms with van der Waals surface area (Å²) in [5, 5.41) is 0. The number of likely N-dealkylation sites (tertiary alicyclic amines) is 1. The first-order valence-corrected chi connectivity index (χ1v) is 8.31. The van der Waals surface area contributed by atoms with E-state index >= 15 is 0 Å². The number of halogens is 2. The molecule has 19 heavy (non-hydrogen) atoms. The average Bonchev–Trinajstić information content (AvgIpc) is 2.64. The van der Waals surface area contributed by atoms with Crippen LogP contribution in [0.25, 0.3) is 0 Å². The van der Waals surface area contributed by atoms with Crippen LogP contribution in [0.4, 0.5) is 0 Å². The van der Waals surface area contributed by atoms with Crippen LogP contribution < -0.4 is 4.74 Å². The highest BCUT2D eigenvalue weighted by Crippen LogP contribution is 2.19. The highest BCUT2D eigenvalue weighted by Gasteiger charge is 2.19. The highest BCUT2D eigenvalue weighted by atomic mass is 79.9. The van der Waals surface area contributed by atoms with Crippen LogP contribution in [0, 0.1) is 0 Å². The summed E-state index contributed by atoms with van der Waals surface area (Å²) in [5.41, 5.74) is 0. The van der Waals surface area contributed by atoms with E-state index in [1.54, 1.807) is 0 Å². The largest absolute Gasteiger partial charge is 0.492 e. The lowest BCUT2D eigenvalue weighted by molar-refractivity contribution is 0.172. The van der Waals surface area contributed by atoms with Crippen molar-refractivity contribution >= 4 is 27.5 Å². The Labute approximate surface area is 129 Å². The molecule has 2 rings (SSSR count). The molecule has 1 fully saturated rings. The molecule has 1 saturated heterocycles. The van der Waals surface area contributed by atoms with E-state index in [1.807, 2.05) is 24.3 Å². The van der Waals surface area contributed by atoms with Gasteiger partial charge in [-0.3, -0.25) is 4.90 Å². The Balaban J connectivity index is 1.80. The molecule has 0 bridgehead atoms. The second-order valence-electron chi connectivity index (χ2n) is 5.00. The number of hydrogen-bond donors (Lipinski definition) is 0. The molecule has 1 unspecified atom stereocenters. The molecule has 0 amide bonds. The van der Waals surface area contributed by atoms with Crippen LogP contribution in [-0.4, -0.2) is 36.5 Å². The Morgan fingerprint density at radius 2 is 2.21 bits per heavy atom. The van der Waals surface area contributed by atoms with Gasteiger partial charge < -0.3 is 4.74 Å². The molecule has 1 atom stereocenters. The van der Waals surface area contributed by atoms with Gasteiger partial charge in [0.2, 0.25) is 0 Å². The SMILES string of the molecule is ClCC1CCCCCN1CCOc1cccc(Br)c1. The number of hydrogen-bond acceptors (Lipinski definition) is 2. The smallest absolute Gasteiger partial charge is 0.120 e. The van der Waals surface area contributed by atoms with Crippen molar-refractivity contribution in [2.45, 2.75) is 31.7 Å². The number of alkyl halides is 1. The number of nitrogens with zero attached hydrogens (tertiary/aromatic N) is 1. The molecule has 2 nitrogen and oxygen atoms in total. The molecular weight excluding hydrogens is 326 g/mol. The maximum absolute atomic E-state index is 6.08. The van der Waals surface area contributed by atoms with Crippen LogP contribution in [0.1, 0.15) is 25.7 Å². The Morgan fingerprint density at radius 1 is 1.32 bits per heavy atom. The molecule has 0 spiro atoms. The van der Waals surface area contributed by atoms with Gasteiger partial charge in [0, 0.05) is 22.9 Å². The molecular formula is C15H21BrClNO. The second-order valence-corrected chi connectivity index (χ2v) is 6.22. The van der Waals surface area contributed by atoms with Crippen molar-refractivity contribution in [3.8, 4) is 5.75 Å². The Kier molecular flexibility index (Phi) is 6.48. The van der Waals surface area contributed by atoms with Crippen LogP contribution in [-0.2, 0) is 0 Å². The summed E-state index contributed by atoms with van der Waals surface area (Å²) in [6.07, 6.45) is 5.14. The highest BCUT2D eigenvalue weighted by molar-refractivity contribution is 9.10. The lowest BCUT2D eigenvalue weighted by atomic mass is 10.1. The van der Waals surface area contributed by atoms with E-state index in [2.05, 4.69) is 20.8 Å². The van der Waals surface area contributed by atoms with Gasteiger partial charge in [-0.15, -0.1) is 11.6 Å². The van der Waals surface area contributed by atoms with Gasteiger partial charge >= 0.3 is 0 Å². The van der Waals surface area contributed by atoms with Crippen LogP contribution >= 0.6 is 27.5 Å². The van der Waals surface area contributed by atoms with Gasteiger partial charge in [-0.05, 0) is 37.6 Å². The summed E-state index contributed by atoms with van der Waals surface area (Å²) >= 11 is 9.53. The van der Waals surface area contributed by atoms with Crippen molar-refractivity contribution in [3.63, 3.8) is 0 Å². The fraction of sp³-hybridized carbons (Fsp3) is 0.600. The van der Waals surface area contributed by atoms with E-state index in [1.165, 1.54) is 25.7 Å². The minimum absolute atomic E-state index is 0.523. The van der Waals surface area contributed by atoms with E-state index in [0.717, 1.165) is 35.8 Å². The van der Waals surface area contributed by atoms with Crippen LogP contribution in [0.2, 0.25) is 0 Å². The standard InChI is InChI=1S/C15H21BrClNO/c16-13-5-4-7-15(11-13)19-10-9-18-8-3-1-2-6-14(18)12-17/h4-5,7,11,14H,1-3,6,8-10,12H2. The molecule has 1 aliphatic rings. The molecule has 1 aromatic rings. The number of ether oxygens (including phenoxy) is 1. The number of rotatable bonds is 5. The van der Waals surface area contributed by atoms with Gasteiger partial charge in [-0.25, -0.2) is 0 Å². The third kappa shape index (κ3) is 4.97. The zero-order valence-corrected chi connectivity index (χ0v) is 13.5. The normalized spacial score (nSPS) is 21.1. The maximum Gasteiger partial charge on any atom is 0.120 e. The first-order chi connectivity index (χ1) is 9.29. The monoisotopic (exact) mass is 345 g/mol. The lowest BCUT2D eigenvalue weighted by Crippen LogP contribution is -2.38. The van der Waals surface area contributed by atoms with Crippen molar-refractivity contribution in [2.24, 2.45) is 0 Å². The second kappa shape index (κ2) is 8.13. The summed E-state index contributed by atoms with van der Waals surface area (Å²) in [4.78, 5) is 2.48. The fourth-order valence-corrected chi connectivity index (χ4v) is 3.27. The third-order valence-corrected chi connectivity index (χ3v) is 4.47. The molecule has 4 heteroatoms. The van der Waals surface area contributed by atoms with Crippen molar-refractivity contribution in [2.75, 3.05) is 25.6 Å². The molecule has 1 aromatic carbocycles. The minimum atomic E-state index is 0.523. The Bertz CT molecular complexity index is 388. The zero-order chi connectivity index (χ0) is 13.5. The summed E-state index contributed by atoms with van der Waals surface area (Å²) in [5.74, 6) is 1.66. The third-order valence-electron chi connectivity index (χ3n) is 3.62. The summed E-state index contributed by atoms with van der Waals surface area (Å²) in [6.45, 7) is 2.84. The van der Waals surface area contributed by atoms with E-state index in [4.69, 9.17) is 16.3 Å². The minimum Gasteiger partial charge on any atom is -0.492 e. The van der Waals surface area contributed by atoms with Crippen LogP contribution in [0.5, 0.6) is 5.75 Å². The molecule has 106 valence electrons. The van der Waals surface area contributed by atoms with Crippen LogP contribution in [0.15, 0.2) is 28.7 Å². The zero-order valence-electron chi connectivity index (χ0n) is 11.2. The van der Waals surface area contributed by atoms with E-state index in [9.17, 15) is 0 Å². The quantitative estimate of drug-likeness (QED) is 0.737. The molecule has 1 aliphatic heterocycles. The topological polar surface area (TPSA) is 12.5 Å². The molecule has 0 aromatic heterocycles. The van der Waals surface area contributed by atoms with Crippen molar-refractivity contribution in [1.82, 2.24) is 4.90 Å². The van der Waals surface area contributed by atoms with Gasteiger partial charge in [0.25, 0.3) is 0 Å². The van der Waals surface area contributed by atoms with E-state index < -0.39 is 0 Å². The maximum atomic E-state index is 6.08. The Hall–Kier alpha value is -0.250. The Morgan fingerprint density at radius 3 is 3.00 bits per heavy atom. The fourth-order valence-electron chi connectivity index (χ4n) is 2.54. The average molecular weight is 347 g/mol. The van der Waals surface area contributed by atoms with Gasteiger partial charge in [-0.2, -0.15) is 0 Å². The van der Waals surface area contributed by atoms with E-state index in [0.29, 0.717) is 6.04 Å². The van der Waals surface area contributed by atoms with Crippen molar-refractivity contribution in [1.29, 1.82) is 0 Å². The molecule has 0 saturated carbocycles. The van der Waals surface area contributed by atoms with Crippen molar-refractivity contribution < 1.29 is 4.74 Å². The van der Waals surface area contributed by atoms with Gasteiger partial charge in [0.05, 0.1) is 0 Å².